The van der Waals surface area contributed by atoms with Crippen LogP contribution in [0.5, 0.6) is 0 Å². The van der Waals surface area contributed by atoms with Crippen molar-refractivity contribution in [2.24, 2.45) is 0 Å². The van der Waals surface area contributed by atoms with Crippen LogP contribution in [0.25, 0.3) is 0 Å². The van der Waals surface area contributed by atoms with Crippen LogP contribution in [-0.2, 0) is 4.74 Å². The lowest BCUT2D eigenvalue weighted by atomic mass is 10.0. The van der Waals surface area contributed by atoms with Crippen LogP contribution < -0.4 is 15.1 Å². The minimum absolute atomic E-state index is 0.330. The molecule has 0 amide bonds. The zero-order valence-corrected chi connectivity index (χ0v) is 15.1. The molecule has 9 heteroatoms. The van der Waals surface area contributed by atoms with E-state index in [-0.39, 0.29) is 0 Å². The highest BCUT2D eigenvalue weighted by molar-refractivity contribution is 5.50. The molecule has 2 fully saturated rings. The van der Waals surface area contributed by atoms with Crippen LogP contribution in [-0.4, -0.2) is 65.4 Å². The Hall–Kier alpha value is -2.99. The molecule has 27 heavy (non-hydrogen) atoms. The predicted molar refractivity (Wildman–Crippen MR) is 101 cm³/mol. The first-order chi connectivity index (χ1) is 13.3. The zero-order valence-electron chi connectivity index (χ0n) is 15.1. The van der Waals surface area contributed by atoms with Crippen molar-refractivity contribution < 1.29 is 4.74 Å². The van der Waals surface area contributed by atoms with Gasteiger partial charge in [-0.1, -0.05) is 0 Å². The molecule has 0 aromatic carbocycles. The summed E-state index contributed by atoms with van der Waals surface area (Å²) in [6, 6.07) is 4.36. The second-order valence-electron chi connectivity index (χ2n) is 6.59. The largest absolute Gasteiger partial charge is 0.378 e. The summed E-state index contributed by atoms with van der Waals surface area (Å²) < 4.78 is 5.39. The van der Waals surface area contributed by atoms with Gasteiger partial charge in [0.25, 0.3) is 0 Å². The highest BCUT2D eigenvalue weighted by atomic mass is 16.5. The summed E-state index contributed by atoms with van der Waals surface area (Å²) in [5.74, 6) is 2.27. The summed E-state index contributed by atoms with van der Waals surface area (Å²) >= 11 is 0. The fourth-order valence-corrected chi connectivity index (χ4v) is 3.43. The molecular weight excluding hydrogens is 344 g/mol. The van der Waals surface area contributed by atoms with E-state index in [2.05, 4.69) is 41.1 Å². The monoisotopic (exact) mass is 366 g/mol. The smallest absolute Gasteiger partial charge is 0.227 e. The van der Waals surface area contributed by atoms with E-state index >= 15 is 0 Å². The van der Waals surface area contributed by atoms with Crippen molar-refractivity contribution in [1.82, 2.24) is 19.9 Å². The normalized spacial score (nSPS) is 18.2. The minimum Gasteiger partial charge on any atom is -0.378 e. The average Bonchev–Trinajstić information content (AvgIpc) is 2.75. The molecule has 2 saturated heterocycles. The molecule has 0 unspecified atom stereocenters. The van der Waals surface area contributed by atoms with Crippen molar-refractivity contribution >= 4 is 17.6 Å². The molecule has 0 aliphatic carbocycles. The number of aromatic nitrogens is 4. The van der Waals surface area contributed by atoms with Crippen molar-refractivity contribution in [1.29, 1.82) is 5.26 Å². The summed E-state index contributed by atoms with van der Waals surface area (Å²) in [7, 11) is 0. The molecule has 2 aromatic heterocycles. The zero-order chi connectivity index (χ0) is 18.5. The van der Waals surface area contributed by atoms with Gasteiger partial charge in [0.05, 0.1) is 13.2 Å². The molecule has 2 aliphatic heterocycles. The molecule has 2 aromatic rings. The molecule has 140 valence electrons. The Morgan fingerprint density at radius 1 is 1.00 bits per heavy atom. The van der Waals surface area contributed by atoms with E-state index in [1.54, 1.807) is 18.6 Å². The summed E-state index contributed by atoms with van der Waals surface area (Å²) in [6.45, 7) is 4.72. The Morgan fingerprint density at radius 2 is 1.78 bits per heavy atom. The molecular formula is C18H22N8O. The van der Waals surface area contributed by atoms with Crippen molar-refractivity contribution in [3.8, 4) is 6.07 Å². The quantitative estimate of drug-likeness (QED) is 0.850. The van der Waals surface area contributed by atoms with Crippen molar-refractivity contribution in [2.45, 2.75) is 18.9 Å². The Bertz CT molecular complexity index is 809. The van der Waals surface area contributed by atoms with Crippen molar-refractivity contribution in [2.75, 3.05) is 54.5 Å². The number of hydrogen-bond acceptors (Lipinski definition) is 9. The third kappa shape index (κ3) is 4.06. The molecule has 0 saturated carbocycles. The number of rotatable bonds is 4. The Labute approximate surface area is 158 Å². The van der Waals surface area contributed by atoms with Gasteiger partial charge in [0, 0.05) is 50.8 Å². The Balaban J connectivity index is 1.36. The standard InChI is InChI=1S/C18H22N8O/c19-13-15-17(21-6-5-20-15)25-7-2-14(3-8-25)23-16-1-4-22-18(24-16)26-9-11-27-12-10-26/h1,4-6,14H,2-3,7-12H2,(H,22,23,24). The maximum absolute atomic E-state index is 9.21. The second-order valence-corrected chi connectivity index (χ2v) is 6.59. The van der Waals surface area contributed by atoms with Gasteiger partial charge in [0.2, 0.25) is 5.95 Å². The van der Waals surface area contributed by atoms with Gasteiger partial charge in [0.15, 0.2) is 11.5 Å². The van der Waals surface area contributed by atoms with Crippen LogP contribution in [0.2, 0.25) is 0 Å². The molecule has 0 bridgehead atoms. The van der Waals surface area contributed by atoms with Gasteiger partial charge in [-0.25, -0.2) is 15.0 Å². The first-order valence-corrected chi connectivity index (χ1v) is 9.22. The molecule has 2 aliphatic rings. The number of nitrogens with one attached hydrogen (secondary N) is 1. The van der Waals surface area contributed by atoms with Crippen molar-refractivity contribution in [3.63, 3.8) is 0 Å². The molecule has 0 atom stereocenters. The van der Waals surface area contributed by atoms with Gasteiger partial charge < -0.3 is 19.9 Å². The van der Waals surface area contributed by atoms with Gasteiger partial charge in [-0.05, 0) is 18.9 Å². The number of anilines is 3. The van der Waals surface area contributed by atoms with E-state index in [0.717, 1.165) is 50.8 Å². The molecule has 0 radical (unpaired) electrons. The van der Waals surface area contributed by atoms with Gasteiger partial charge in [-0.15, -0.1) is 0 Å². The lowest BCUT2D eigenvalue weighted by molar-refractivity contribution is 0.122. The fraction of sp³-hybridized carbons (Fsp3) is 0.500. The maximum atomic E-state index is 9.21. The van der Waals surface area contributed by atoms with Crippen LogP contribution in [0.3, 0.4) is 0 Å². The highest BCUT2D eigenvalue weighted by Gasteiger charge is 2.23. The Morgan fingerprint density at radius 3 is 2.56 bits per heavy atom. The third-order valence-electron chi connectivity index (χ3n) is 4.87. The summed E-state index contributed by atoms with van der Waals surface area (Å²) in [6.07, 6.45) is 6.87. The number of nitrogens with zero attached hydrogens (tertiary/aromatic N) is 7. The van der Waals surface area contributed by atoms with Gasteiger partial charge in [0.1, 0.15) is 11.9 Å². The number of morpholine rings is 1. The van der Waals surface area contributed by atoms with Crippen LogP contribution >= 0.6 is 0 Å². The van der Waals surface area contributed by atoms with Gasteiger partial charge >= 0.3 is 0 Å². The molecule has 4 heterocycles. The lowest BCUT2D eigenvalue weighted by Gasteiger charge is -2.33. The first kappa shape index (κ1) is 17.4. The maximum Gasteiger partial charge on any atom is 0.227 e. The molecule has 0 spiro atoms. The van der Waals surface area contributed by atoms with Crippen LogP contribution in [0, 0.1) is 11.3 Å². The van der Waals surface area contributed by atoms with Crippen LogP contribution in [0.15, 0.2) is 24.7 Å². The third-order valence-corrected chi connectivity index (χ3v) is 4.87. The highest BCUT2D eigenvalue weighted by Crippen LogP contribution is 2.22. The molecule has 1 N–H and O–H groups in total. The SMILES string of the molecule is N#Cc1nccnc1N1CCC(Nc2ccnc(N3CCOCC3)n2)CC1. The van der Waals surface area contributed by atoms with E-state index in [1.165, 1.54) is 0 Å². The van der Waals surface area contributed by atoms with Gasteiger partial charge in [-0.3, -0.25) is 0 Å². The van der Waals surface area contributed by atoms with E-state index < -0.39 is 0 Å². The number of ether oxygens (including phenoxy) is 1. The second kappa shape index (κ2) is 8.14. The summed E-state index contributed by atoms with van der Waals surface area (Å²) in [5, 5.41) is 12.7. The van der Waals surface area contributed by atoms with E-state index in [4.69, 9.17) is 4.74 Å². The number of hydrogen-bond donors (Lipinski definition) is 1. The Kier molecular flexibility index (Phi) is 5.25. The number of nitriles is 1. The molecule has 9 nitrogen and oxygen atoms in total. The van der Waals surface area contributed by atoms with Crippen LogP contribution in [0.1, 0.15) is 18.5 Å². The average molecular weight is 366 g/mol. The summed E-state index contributed by atoms with van der Waals surface area (Å²) in [5.41, 5.74) is 0.384. The van der Waals surface area contributed by atoms with E-state index in [0.29, 0.717) is 30.8 Å². The predicted octanol–water partition coefficient (Wildman–Crippen LogP) is 1.06. The summed E-state index contributed by atoms with van der Waals surface area (Å²) in [4.78, 5) is 21.8. The van der Waals surface area contributed by atoms with Gasteiger partial charge in [-0.2, -0.15) is 10.2 Å². The topological polar surface area (TPSA) is 103 Å². The molecule has 4 rings (SSSR count). The van der Waals surface area contributed by atoms with E-state index in [1.807, 2.05) is 6.07 Å². The minimum atomic E-state index is 0.330. The first-order valence-electron chi connectivity index (χ1n) is 9.22. The van der Waals surface area contributed by atoms with Crippen molar-refractivity contribution in [3.05, 3.63) is 30.4 Å². The fourth-order valence-electron chi connectivity index (χ4n) is 3.43. The lowest BCUT2D eigenvalue weighted by Crippen LogP contribution is -2.40. The van der Waals surface area contributed by atoms with E-state index in [9.17, 15) is 5.26 Å². The number of piperidine rings is 1. The van der Waals surface area contributed by atoms with Crippen LogP contribution in [0.4, 0.5) is 17.6 Å².